The number of piperidine rings is 1. The number of hydrogen-bond acceptors (Lipinski definition) is 9. The van der Waals surface area contributed by atoms with Crippen LogP contribution in [0, 0.1) is 11.2 Å². The molecule has 3 saturated heterocycles. The summed E-state index contributed by atoms with van der Waals surface area (Å²) in [6, 6.07) is 11.2. The number of imidazole rings is 1. The normalized spacial score (nSPS) is 25.9. The Morgan fingerprint density at radius 1 is 1.08 bits per heavy atom. The molecule has 52 heavy (non-hydrogen) atoms. The van der Waals surface area contributed by atoms with E-state index in [1.165, 1.54) is 6.20 Å². The first-order valence-corrected chi connectivity index (χ1v) is 19.0. The lowest BCUT2D eigenvalue weighted by Crippen LogP contribution is -2.60. The van der Waals surface area contributed by atoms with Gasteiger partial charge < -0.3 is 24.6 Å². The topological polar surface area (TPSA) is 112 Å². The van der Waals surface area contributed by atoms with Gasteiger partial charge in [-0.2, -0.15) is 0 Å². The summed E-state index contributed by atoms with van der Waals surface area (Å²) >= 11 is 0. The van der Waals surface area contributed by atoms with Crippen LogP contribution in [-0.4, -0.2) is 104 Å². The van der Waals surface area contributed by atoms with Gasteiger partial charge in [0.1, 0.15) is 5.52 Å². The number of benzene rings is 1. The fourth-order valence-corrected chi connectivity index (χ4v) is 9.67. The second-order valence-corrected chi connectivity index (χ2v) is 16.8. The average Bonchev–Trinajstić information content (AvgIpc) is 3.72. The lowest BCUT2D eigenvalue weighted by molar-refractivity contribution is -0.128. The molecule has 1 atom stereocenters. The summed E-state index contributed by atoms with van der Waals surface area (Å²) in [5, 5.41) is 13.5. The average molecular weight is 709 g/mol. The molecule has 4 fully saturated rings. The van der Waals surface area contributed by atoms with E-state index in [0.717, 1.165) is 92.8 Å². The minimum absolute atomic E-state index is 0.0936. The van der Waals surface area contributed by atoms with Crippen LogP contribution >= 0.6 is 0 Å². The van der Waals surface area contributed by atoms with E-state index >= 15 is 0 Å². The van der Waals surface area contributed by atoms with Crippen LogP contribution in [0.2, 0.25) is 0 Å². The first kappa shape index (κ1) is 33.8. The van der Waals surface area contributed by atoms with Crippen LogP contribution in [-0.2, 0) is 14.9 Å². The summed E-state index contributed by atoms with van der Waals surface area (Å²) in [5.74, 6) is 0.269. The predicted molar refractivity (Wildman–Crippen MR) is 198 cm³/mol. The number of nitrogens with one attached hydrogen (secondary N) is 1. The maximum atomic E-state index is 14.9. The molecule has 1 saturated carbocycles. The molecule has 0 radical (unpaired) electrons. The van der Waals surface area contributed by atoms with Gasteiger partial charge in [0.25, 0.3) is 0 Å². The number of aliphatic hydroxyl groups excluding tert-OH is 1. The zero-order valence-corrected chi connectivity index (χ0v) is 30.6. The van der Waals surface area contributed by atoms with Gasteiger partial charge in [-0.1, -0.05) is 26.0 Å². The van der Waals surface area contributed by atoms with Crippen LogP contribution < -0.4 is 10.2 Å². The Morgan fingerprint density at radius 3 is 2.56 bits per heavy atom. The van der Waals surface area contributed by atoms with Crippen molar-refractivity contribution in [2.24, 2.45) is 5.41 Å². The summed E-state index contributed by atoms with van der Waals surface area (Å²) in [6.07, 6.45) is 8.90. The van der Waals surface area contributed by atoms with Crippen LogP contribution in [0.5, 0.6) is 0 Å². The Morgan fingerprint density at radius 2 is 1.87 bits per heavy atom. The Balaban J connectivity index is 1.09. The summed E-state index contributed by atoms with van der Waals surface area (Å²) in [4.78, 5) is 35.8. The molecule has 1 aromatic carbocycles. The molecule has 9 rings (SSSR count). The number of aromatic nitrogens is 4. The van der Waals surface area contributed by atoms with E-state index in [4.69, 9.17) is 14.7 Å². The monoisotopic (exact) mass is 708 g/mol. The number of likely N-dealkylation sites (tertiary alicyclic amines) is 2. The quantitative estimate of drug-likeness (QED) is 0.240. The van der Waals surface area contributed by atoms with Crippen LogP contribution in [0.1, 0.15) is 71.4 Å². The number of amides is 1. The maximum absolute atomic E-state index is 14.9. The third-order valence-corrected chi connectivity index (χ3v) is 12.6. The van der Waals surface area contributed by atoms with Crippen molar-refractivity contribution >= 4 is 34.1 Å². The van der Waals surface area contributed by atoms with Crippen molar-refractivity contribution in [3.05, 3.63) is 60.4 Å². The van der Waals surface area contributed by atoms with Crippen molar-refractivity contribution in [2.45, 2.75) is 95.4 Å². The highest BCUT2D eigenvalue weighted by Crippen LogP contribution is 2.53. The zero-order chi connectivity index (χ0) is 35.9. The molecular weight excluding hydrogens is 659 g/mol. The van der Waals surface area contributed by atoms with Crippen molar-refractivity contribution in [3.8, 4) is 11.3 Å². The number of hydrogen-bond donors (Lipinski definition) is 2. The van der Waals surface area contributed by atoms with Crippen LogP contribution in [0.15, 0.2) is 49.1 Å². The van der Waals surface area contributed by atoms with E-state index in [9.17, 15) is 14.3 Å². The molecule has 1 amide bonds. The van der Waals surface area contributed by atoms with Gasteiger partial charge in [0.2, 0.25) is 5.91 Å². The molecule has 3 aromatic heterocycles. The Kier molecular flexibility index (Phi) is 8.18. The molecule has 1 aliphatic carbocycles. The highest BCUT2D eigenvalue weighted by atomic mass is 19.1. The van der Waals surface area contributed by atoms with Gasteiger partial charge in [-0.15, -0.1) is 0 Å². The third kappa shape index (κ3) is 5.44. The molecule has 0 unspecified atom stereocenters. The second kappa shape index (κ2) is 12.6. The van der Waals surface area contributed by atoms with E-state index in [1.54, 1.807) is 18.6 Å². The van der Waals surface area contributed by atoms with E-state index in [-0.39, 0.29) is 41.7 Å². The molecule has 12 heteroatoms. The largest absolute Gasteiger partial charge is 0.395 e. The van der Waals surface area contributed by atoms with Crippen LogP contribution in [0.4, 0.5) is 21.6 Å². The molecule has 274 valence electrons. The zero-order valence-electron chi connectivity index (χ0n) is 30.6. The van der Waals surface area contributed by atoms with Crippen molar-refractivity contribution in [3.63, 3.8) is 0 Å². The first-order chi connectivity index (χ1) is 25.0. The van der Waals surface area contributed by atoms with Gasteiger partial charge >= 0.3 is 0 Å². The summed E-state index contributed by atoms with van der Waals surface area (Å²) in [7, 11) is 0. The molecule has 2 N–H and O–H groups in total. The summed E-state index contributed by atoms with van der Waals surface area (Å²) < 4.78 is 22.4. The minimum atomic E-state index is -0.553. The molecule has 5 aliphatic rings. The molecular formula is C40H49FN8O3. The van der Waals surface area contributed by atoms with Gasteiger partial charge in [0.05, 0.1) is 60.7 Å². The second-order valence-electron chi connectivity index (χ2n) is 16.8. The smallest absolute Gasteiger partial charge is 0.238 e. The number of nitrogens with zero attached hydrogens (tertiary/aromatic N) is 7. The fraction of sp³-hybridized carbons (Fsp3) is 0.550. The number of rotatable bonds is 8. The highest BCUT2D eigenvalue weighted by Gasteiger charge is 2.57. The lowest BCUT2D eigenvalue weighted by atomic mass is 9.73. The van der Waals surface area contributed by atoms with Gasteiger partial charge in [-0.05, 0) is 88.2 Å². The molecule has 7 heterocycles. The van der Waals surface area contributed by atoms with Gasteiger partial charge in [0.15, 0.2) is 11.6 Å². The molecule has 0 bridgehead atoms. The van der Waals surface area contributed by atoms with E-state index in [2.05, 4.69) is 70.9 Å². The number of carbonyl (C=O) groups is 1. The molecule has 1 spiro atoms. The number of aliphatic hydroxyl groups is 1. The number of carbonyl (C=O) groups excluding carboxylic acids is 1. The molecule has 4 aromatic rings. The number of ether oxygens (including phenoxy) is 1. The summed E-state index contributed by atoms with van der Waals surface area (Å²) in [6.45, 7) is 13.2. The Hall–Kier alpha value is -3.97. The van der Waals surface area contributed by atoms with Gasteiger partial charge in [0, 0.05) is 48.2 Å². The van der Waals surface area contributed by atoms with E-state index in [1.807, 2.05) is 10.6 Å². The lowest BCUT2D eigenvalue weighted by Gasteiger charge is -2.48. The number of fused-ring (bicyclic) bond motifs is 3. The van der Waals surface area contributed by atoms with Crippen molar-refractivity contribution in [1.29, 1.82) is 0 Å². The van der Waals surface area contributed by atoms with Gasteiger partial charge in [-0.25, -0.2) is 14.4 Å². The molecule has 4 aliphatic heterocycles. The van der Waals surface area contributed by atoms with Crippen LogP contribution in [0.3, 0.4) is 0 Å². The standard InChI is InChI=1S/C40H49FN8O3/c1-24(2)48-23-43-34-16-33(45-37(36(34)48)44-32-7-10-42-18-31(32)41)25-5-6-30-35(13-25)49(27-14-26(15-27)47-22-39(3,4)17-28(47)19-50)38(51)40(30)8-11-46(12-9-40)29-20-52-21-29/h5-7,10,13,16,18,23-24,26-29,50H,8-9,11-12,14-15,17,19-22H2,1-4H3,(H,42,44,45)/t26?,27?,28-/m0/s1. The van der Waals surface area contributed by atoms with Crippen molar-refractivity contribution < 1.29 is 19.0 Å². The fourth-order valence-electron chi connectivity index (χ4n) is 9.67. The SMILES string of the molecule is CC(C)n1cnc2cc(-c3ccc4c(c3)N(C3CC(N5CC(C)(C)C[C@H]5CO)C3)C(=O)C43CCN(C4COC4)CC3)nc(Nc3ccncc3F)c21. The number of halogens is 1. The highest BCUT2D eigenvalue weighted by molar-refractivity contribution is 6.09. The maximum Gasteiger partial charge on any atom is 0.238 e. The van der Waals surface area contributed by atoms with Gasteiger partial charge in [-0.3, -0.25) is 19.6 Å². The number of pyridine rings is 2. The molecule has 11 nitrogen and oxygen atoms in total. The van der Waals surface area contributed by atoms with Crippen LogP contribution in [0.25, 0.3) is 22.3 Å². The Labute approximate surface area is 304 Å². The Bertz CT molecular complexity index is 2010. The summed E-state index contributed by atoms with van der Waals surface area (Å²) in [5.41, 5.74) is 5.13. The van der Waals surface area contributed by atoms with Crippen molar-refractivity contribution in [1.82, 2.24) is 29.3 Å². The van der Waals surface area contributed by atoms with E-state index in [0.29, 0.717) is 23.6 Å². The predicted octanol–water partition coefficient (Wildman–Crippen LogP) is 5.66. The first-order valence-electron chi connectivity index (χ1n) is 19.0. The van der Waals surface area contributed by atoms with Crippen molar-refractivity contribution in [2.75, 3.05) is 49.7 Å². The van der Waals surface area contributed by atoms with E-state index < -0.39 is 11.2 Å². The third-order valence-electron chi connectivity index (χ3n) is 12.6. The number of anilines is 3. The minimum Gasteiger partial charge on any atom is -0.395 e.